The van der Waals surface area contributed by atoms with Crippen LogP contribution in [0.5, 0.6) is 0 Å². The maximum Gasteiger partial charge on any atom is 0.299 e. The molecular formula is C14H12ClN3O2. The van der Waals surface area contributed by atoms with Gasteiger partial charge in [0.2, 0.25) is 0 Å². The average Bonchev–Trinajstić information content (AvgIpc) is 2.93. The van der Waals surface area contributed by atoms with Crippen molar-refractivity contribution < 1.29 is 9.59 Å². The van der Waals surface area contributed by atoms with Crippen molar-refractivity contribution >= 4 is 29.0 Å². The largest absolute Gasteiger partial charge is 0.304 e. The molecule has 102 valence electrons. The second-order valence-corrected chi connectivity index (χ2v) is 5.02. The molecule has 0 bridgehead atoms. The molecule has 5 nitrogen and oxygen atoms in total. The molecule has 2 aromatic rings. The van der Waals surface area contributed by atoms with Gasteiger partial charge < -0.3 is 4.90 Å². The minimum Gasteiger partial charge on any atom is -0.304 e. The number of carbonyl (C=O) groups excluding carboxylic acids is 2. The van der Waals surface area contributed by atoms with Gasteiger partial charge in [-0.05, 0) is 18.2 Å². The lowest BCUT2D eigenvalue weighted by Crippen LogP contribution is -2.32. The molecule has 0 saturated carbocycles. The second kappa shape index (κ2) is 4.76. The van der Waals surface area contributed by atoms with Gasteiger partial charge in [0.25, 0.3) is 11.7 Å². The zero-order chi connectivity index (χ0) is 14.3. The van der Waals surface area contributed by atoms with Crippen LogP contribution in [0.25, 0.3) is 0 Å². The Labute approximate surface area is 120 Å². The van der Waals surface area contributed by atoms with Gasteiger partial charge >= 0.3 is 0 Å². The van der Waals surface area contributed by atoms with Crippen molar-refractivity contribution in [3.8, 4) is 0 Å². The first-order valence-corrected chi connectivity index (χ1v) is 6.59. The highest BCUT2D eigenvalue weighted by atomic mass is 35.5. The summed E-state index contributed by atoms with van der Waals surface area (Å²) in [4.78, 5) is 25.5. The highest BCUT2D eigenvalue weighted by molar-refractivity contribution is 6.55. The summed E-state index contributed by atoms with van der Waals surface area (Å²) in [5, 5.41) is 4.40. The first-order valence-electron chi connectivity index (χ1n) is 6.21. The standard InChI is InChI=1S/C14H12ClN3O2/c1-17-9(5-7-16-17)6-8-18-11-4-2-3-10(15)12(11)13(19)14(18)20/h2-5,7H,6,8H2,1H3. The molecule has 0 aliphatic carbocycles. The number of hydrogen-bond acceptors (Lipinski definition) is 3. The van der Waals surface area contributed by atoms with Gasteiger partial charge in [-0.2, -0.15) is 5.10 Å². The van der Waals surface area contributed by atoms with Gasteiger partial charge in [-0.15, -0.1) is 0 Å². The highest BCUT2D eigenvalue weighted by Gasteiger charge is 2.37. The Bertz CT molecular complexity index is 708. The Morgan fingerprint density at radius 2 is 2.05 bits per heavy atom. The van der Waals surface area contributed by atoms with Crippen LogP contribution < -0.4 is 4.90 Å². The van der Waals surface area contributed by atoms with E-state index in [2.05, 4.69) is 5.10 Å². The lowest BCUT2D eigenvalue weighted by molar-refractivity contribution is -0.114. The van der Waals surface area contributed by atoms with Crippen LogP contribution in [0, 0.1) is 0 Å². The van der Waals surface area contributed by atoms with Crippen molar-refractivity contribution in [2.45, 2.75) is 6.42 Å². The van der Waals surface area contributed by atoms with Crippen molar-refractivity contribution in [3.63, 3.8) is 0 Å². The number of benzene rings is 1. The van der Waals surface area contributed by atoms with Crippen LogP contribution in [0.4, 0.5) is 5.69 Å². The first-order chi connectivity index (χ1) is 9.59. The summed E-state index contributed by atoms with van der Waals surface area (Å²) in [6.45, 7) is 0.428. The summed E-state index contributed by atoms with van der Waals surface area (Å²) in [6, 6.07) is 6.99. The molecule has 0 saturated heterocycles. The number of fused-ring (bicyclic) bond motifs is 1. The van der Waals surface area contributed by atoms with E-state index in [0.29, 0.717) is 29.2 Å². The summed E-state index contributed by atoms with van der Waals surface area (Å²) >= 11 is 6.01. The molecule has 1 amide bonds. The smallest absolute Gasteiger partial charge is 0.299 e. The summed E-state index contributed by atoms with van der Waals surface area (Å²) in [5.74, 6) is -1.05. The first kappa shape index (κ1) is 12.9. The number of carbonyl (C=O) groups is 2. The topological polar surface area (TPSA) is 55.2 Å². The zero-order valence-corrected chi connectivity index (χ0v) is 11.6. The van der Waals surface area contributed by atoms with Crippen LogP contribution in [0.15, 0.2) is 30.5 Å². The predicted octanol–water partition coefficient (Wildman–Crippen LogP) is 1.85. The minimum atomic E-state index is -0.532. The fourth-order valence-electron chi connectivity index (χ4n) is 2.40. The maximum atomic E-state index is 12.1. The number of Topliss-reactive ketones (excluding diaryl/α,β-unsaturated/α-hetero) is 1. The molecule has 6 heteroatoms. The molecule has 1 aliphatic rings. The van der Waals surface area contributed by atoms with E-state index < -0.39 is 11.7 Å². The summed E-state index contributed by atoms with van der Waals surface area (Å²) in [7, 11) is 1.84. The van der Waals surface area contributed by atoms with Gasteiger partial charge in [0, 0.05) is 31.9 Å². The van der Waals surface area contributed by atoms with Crippen molar-refractivity contribution in [2.24, 2.45) is 7.05 Å². The van der Waals surface area contributed by atoms with Gasteiger partial charge in [-0.25, -0.2) is 0 Å². The quantitative estimate of drug-likeness (QED) is 0.810. The van der Waals surface area contributed by atoms with E-state index in [4.69, 9.17) is 11.6 Å². The molecular weight excluding hydrogens is 278 g/mol. The molecule has 0 N–H and O–H groups in total. The molecule has 20 heavy (non-hydrogen) atoms. The van der Waals surface area contributed by atoms with Gasteiger partial charge in [-0.3, -0.25) is 14.3 Å². The van der Waals surface area contributed by atoms with Gasteiger partial charge in [0.1, 0.15) is 0 Å². The van der Waals surface area contributed by atoms with Crippen molar-refractivity contribution in [2.75, 3.05) is 11.4 Å². The lowest BCUT2D eigenvalue weighted by atomic mass is 10.1. The third-order valence-corrected chi connectivity index (χ3v) is 3.78. The minimum absolute atomic E-state index is 0.309. The predicted molar refractivity (Wildman–Crippen MR) is 75.0 cm³/mol. The average molecular weight is 290 g/mol. The highest BCUT2D eigenvalue weighted by Crippen LogP contribution is 2.33. The summed E-state index contributed by atoms with van der Waals surface area (Å²) in [5.41, 5.74) is 1.90. The molecule has 2 heterocycles. The molecule has 0 atom stereocenters. The Kier molecular flexibility index (Phi) is 3.06. The number of anilines is 1. The van der Waals surface area contributed by atoms with Crippen molar-refractivity contribution in [1.82, 2.24) is 9.78 Å². The number of nitrogens with zero attached hydrogens (tertiary/aromatic N) is 3. The van der Waals surface area contributed by atoms with Crippen LogP contribution in [0.1, 0.15) is 16.1 Å². The SMILES string of the molecule is Cn1nccc1CCN1C(=O)C(=O)c2c(Cl)cccc21. The fourth-order valence-corrected chi connectivity index (χ4v) is 2.65. The number of amides is 1. The fraction of sp³-hybridized carbons (Fsp3) is 0.214. The maximum absolute atomic E-state index is 12.1. The van der Waals surface area contributed by atoms with Crippen LogP contribution in [0.3, 0.4) is 0 Å². The van der Waals surface area contributed by atoms with Gasteiger partial charge in [0.15, 0.2) is 0 Å². The molecule has 0 unspecified atom stereocenters. The number of ketones is 1. The van der Waals surface area contributed by atoms with E-state index in [9.17, 15) is 9.59 Å². The Morgan fingerprint density at radius 1 is 1.25 bits per heavy atom. The Hall–Kier alpha value is -2.14. The number of halogens is 1. The zero-order valence-electron chi connectivity index (χ0n) is 10.8. The second-order valence-electron chi connectivity index (χ2n) is 4.62. The molecule has 0 fully saturated rings. The van der Waals surface area contributed by atoms with E-state index in [1.165, 1.54) is 4.90 Å². The van der Waals surface area contributed by atoms with Crippen LogP contribution in [0.2, 0.25) is 5.02 Å². The van der Waals surface area contributed by atoms with E-state index in [1.807, 2.05) is 13.1 Å². The van der Waals surface area contributed by atoms with Crippen molar-refractivity contribution in [3.05, 3.63) is 46.7 Å². The summed E-state index contributed by atoms with van der Waals surface area (Å²) in [6.07, 6.45) is 2.33. The van der Waals surface area contributed by atoms with E-state index in [-0.39, 0.29) is 0 Å². The molecule has 0 radical (unpaired) electrons. The summed E-state index contributed by atoms with van der Waals surface area (Å²) < 4.78 is 1.75. The molecule has 1 aliphatic heterocycles. The lowest BCUT2D eigenvalue weighted by Gasteiger charge is -2.16. The third-order valence-electron chi connectivity index (χ3n) is 3.46. The number of aromatic nitrogens is 2. The molecule has 1 aromatic carbocycles. The molecule has 1 aromatic heterocycles. The van der Waals surface area contributed by atoms with Gasteiger partial charge in [0.05, 0.1) is 16.3 Å². The normalized spacial score (nSPS) is 14.0. The van der Waals surface area contributed by atoms with E-state index >= 15 is 0 Å². The van der Waals surface area contributed by atoms with Crippen LogP contribution in [-0.2, 0) is 18.3 Å². The van der Waals surface area contributed by atoms with Gasteiger partial charge in [-0.1, -0.05) is 17.7 Å². The van der Waals surface area contributed by atoms with E-state index in [0.717, 1.165) is 5.69 Å². The molecule has 0 spiro atoms. The number of hydrogen-bond donors (Lipinski definition) is 0. The monoisotopic (exact) mass is 289 g/mol. The van der Waals surface area contributed by atoms with Crippen LogP contribution in [-0.4, -0.2) is 28.0 Å². The Balaban J connectivity index is 1.88. The molecule has 3 rings (SSSR count). The number of rotatable bonds is 3. The Morgan fingerprint density at radius 3 is 2.75 bits per heavy atom. The third kappa shape index (κ3) is 1.91. The number of aryl methyl sites for hydroxylation is 1. The van der Waals surface area contributed by atoms with Crippen molar-refractivity contribution in [1.29, 1.82) is 0 Å². The van der Waals surface area contributed by atoms with E-state index in [1.54, 1.807) is 29.1 Å². The van der Waals surface area contributed by atoms with Crippen LogP contribution >= 0.6 is 11.6 Å².